The zero-order valence-corrected chi connectivity index (χ0v) is 15.5. The Kier molecular flexibility index (Phi) is 5.22. The van der Waals surface area contributed by atoms with Crippen LogP contribution in [0.5, 0.6) is 0 Å². The molecule has 1 aromatic carbocycles. The summed E-state index contributed by atoms with van der Waals surface area (Å²) in [5, 5.41) is 0. The van der Waals surface area contributed by atoms with E-state index in [4.69, 9.17) is 0 Å². The van der Waals surface area contributed by atoms with Crippen molar-refractivity contribution >= 4 is 30.7 Å². The van der Waals surface area contributed by atoms with Crippen LogP contribution in [-0.4, -0.2) is 21.4 Å². The molecule has 0 radical (unpaired) electrons. The van der Waals surface area contributed by atoms with E-state index >= 15 is 0 Å². The lowest BCUT2D eigenvalue weighted by Gasteiger charge is -2.37. The summed E-state index contributed by atoms with van der Waals surface area (Å²) in [6.07, 6.45) is 14.2. The number of hydrogen-bond donors (Lipinski definition) is 0. The van der Waals surface area contributed by atoms with Crippen LogP contribution in [0.3, 0.4) is 0 Å². The summed E-state index contributed by atoms with van der Waals surface area (Å²) in [6.45, 7) is 0. The van der Waals surface area contributed by atoms with Gasteiger partial charge in [0.15, 0.2) is 0 Å². The zero-order valence-electron chi connectivity index (χ0n) is 13.8. The Hall–Kier alpha value is -0.580. The molecular formula is C19H27N2S2+. The quantitative estimate of drug-likeness (QED) is 0.363. The van der Waals surface area contributed by atoms with Crippen molar-refractivity contribution in [2.24, 2.45) is 0 Å². The van der Waals surface area contributed by atoms with E-state index in [0.29, 0.717) is 0 Å². The Morgan fingerprint density at radius 2 is 1.48 bits per heavy atom. The maximum Gasteiger partial charge on any atom is 0.245 e. The Labute approximate surface area is 146 Å². The Morgan fingerprint density at radius 3 is 2.13 bits per heavy atom. The van der Waals surface area contributed by atoms with Crippen molar-refractivity contribution in [2.75, 3.05) is 0 Å². The predicted octanol–water partition coefficient (Wildman–Crippen LogP) is 6.36. The van der Waals surface area contributed by atoms with Gasteiger partial charge in [-0.15, -0.1) is 0 Å². The van der Waals surface area contributed by atoms with E-state index in [9.17, 15) is 0 Å². The summed E-state index contributed by atoms with van der Waals surface area (Å²) in [7, 11) is 2.24. The molecule has 2 fully saturated rings. The summed E-state index contributed by atoms with van der Waals surface area (Å²) in [4.78, 5) is 4.66. The number of thiazole rings is 1. The molecule has 2 aromatic rings. The standard InChI is InChI=1S/C19H27N2S2/c1-3-9-16(10-4-1)21(17-11-5-2-6-12-17)22-23-15-20-18-13-7-8-14-19(18)23/h7-8,13-17H,1-6,9-12H2/q+1. The van der Waals surface area contributed by atoms with Crippen molar-refractivity contribution in [3.05, 3.63) is 29.8 Å². The first-order valence-electron chi connectivity index (χ1n) is 9.25. The zero-order chi connectivity index (χ0) is 15.5. The predicted molar refractivity (Wildman–Crippen MR) is 103 cm³/mol. The van der Waals surface area contributed by atoms with Crippen LogP contribution < -0.4 is 0 Å². The van der Waals surface area contributed by atoms with Crippen molar-refractivity contribution in [1.82, 2.24) is 9.29 Å². The Morgan fingerprint density at radius 1 is 0.870 bits per heavy atom. The number of fused-ring (bicyclic) bond motifs is 1. The summed E-state index contributed by atoms with van der Waals surface area (Å²) in [5.74, 6) is 0. The van der Waals surface area contributed by atoms with Gasteiger partial charge in [-0.25, -0.2) is 0 Å². The Bertz CT molecular complexity index is 609. The second-order valence-electron chi connectivity index (χ2n) is 7.02. The molecule has 1 heterocycles. The first-order valence-corrected chi connectivity index (χ1v) is 11.8. The van der Waals surface area contributed by atoms with Crippen LogP contribution >= 0.6 is 20.5 Å². The third kappa shape index (κ3) is 3.59. The van der Waals surface area contributed by atoms with Gasteiger partial charge in [0, 0.05) is 18.2 Å². The summed E-state index contributed by atoms with van der Waals surface area (Å²) in [6, 6.07) is 10.3. The number of benzene rings is 1. The van der Waals surface area contributed by atoms with Gasteiger partial charge in [-0.3, -0.25) is 0 Å². The van der Waals surface area contributed by atoms with Crippen molar-refractivity contribution in [2.45, 2.75) is 76.3 Å². The van der Waals surface area contributed by atoms with Crippen LogP contribution in [0.25, 0.3) is 10.2 Å². The molecule has 2 saturated carbocycles. The molecule has 0 spiro atoms. The van der Waals surface area contributed by atoms with E-state index in [0.717, 1.165) is 12.1 Å². The number of para-hydroxylation sites is 1. The van der Waals surface area contributed by atoms with Gasteiger partial charge in [0.05, 0.1) is 9.50 Å². The van der Waals surface area contributed by atoms with E-state index in [1.54, 1.807) is 0 Å². The number of rotatable bonds is 4. The number of hydrogen-bond acceptors (Lipinski definition) is 3. The molecule has 0 aliphatic heterocycles. The van der Waals surface area contributed by atoms with Crippen LogP contribution in [0.15, 0.2) is 29.8 Å². The second kappa shape index (κ2) is 7.54. The van der Waals surface area contributed by atoms with Crippen molar-refractivity contribution in [1.29, 1.82) is 0 Å². The van der Waals surface area contributed by atoms with Crippen LogP contribution in [0.1, 0.15) is 64.2 Å². The third-order valence-corrected chi connectivity index (χ3v) is 9.20. The minimum atomic E-state index is 0.115. The smallest absolute Gasteiger partial charge is 0.199 e. The van der Waals surface area contributed by atoms with Gasteiger partial charge >= 0.3 is 0 Å². The number of aromatic nitrogens is 1. The maximum absolute atomic E-state index is 4.66. The third-order valence-electron chi connectivity index (χ3n) is 5.41. The molecule has 1 unspecified atom stereocenters. The molecule has 23 heavy (non-hydrogen) atoms. The molecule has 2 aliphatic rings. The monoisotopic (exact) mass is 347 g/mol. The molecule has 4 heteroatoms. The minimum Gasteiger partial charge on any atom is -0.199 e. The average molecular weight is 348 g/mol. The van der Waals surface area contributed by atoms with E-state index < -0.39 is 0 Å². The maximum atomic E-state index is 4.66. The molecule has 0 amide bonds. The van der Waals surface area contributed by atoms with Gasteiger partial charge in [-0.05, 0) is 31.7 Å². The normalized spacial score (nSPS) is 22.0. The van der Waals surface area contributed by atoms with Crippen LogP contribution in [-0.2, 0) is 0 Å². The van der Waals surface area contributed by atoms with E-state index in [2.05, 4.69) is 50.0 Å². The lowest BCUT2D eigenvalue weighted by atomic mass is 9.91. The molecule has 2 aliphatic carbocycles. The van der Waals surface area contributed by atoms with E-state index in [1.807, 2.05) is 0 Å². The highest BCUT2D eigenvalue weighted by Crippen LogP contribution is 2.46. The molecule has 2 nitrogen and oxygen atoms in total. The van der Waals surface area contributed by atoms with Crippen LogP contribution in [0, 0.1) is 0 Å². The van der Waals surface area contributed by atoms with Gasteiger partial charge in [0.1, 0.15) is 5.52 Å². The average Bonchev–Trinajstić information content (AvgIpc) is 3.04. The largest absolute Gasteiger partial charge is 0.245 e. The van der Waals surface area contributed by atoms with Crippen molar-refractivity contribution in [3.8, 4) is 0 Å². The SMILES string of the molecule is c1ccc2c(c1)nc[s+]2SN(C1CCCCC1)C1CCCCC1. The molecule has 4 rings (SSSR count). The van der Waals surface area contributed by atoms with E-state index in [1.165, 1.54) is 74.4 Å². The van der Waals surface area contributed by atoms with Crippen LogP contribution in [0.2, 0.25) is 0 Å². The molecule has 0 bridgehead atoms. The number of nitrogens with zero attached hydrogens (tertiary/aromatic N) is 2. The summed E-state index contributed by atoms with van der Waals surface area (Å²) in [5.41, 5.74) is 3.39. The fraction of sp³-hybridized carbons (Fsp3) is 0.632. The topological polar surface area (TPSA) is 16.1 Å². The molecule has 0 saturated heterocycles. The summed E-state index contributed by atoms with van der Waals surface area (Å²) >= 11 is 0. The van der Waals surface area contributed by atoms with Gasteiger partial charge in [0.2, 0.25) is 21.2 Å². The second-order valence-corrected chi connectivity index (χ2v) is 10.4. The molecule has 1 atom stereocenters. The van der Waals surface area contributed by atoms with Gasteiger partial charge in [-0.2, -0.15) is 9.29 Å². The first-order chi connectivity index (χ1) is 11.4. The molecule has 0 N–H and O–H groups in total. The first kappa shape index (κ1) is 15.9. The highest BCUT2D eigenvalue weighted by molar-refractivity contribution is 8.45. The van der Waals surface area contributed by atoms with Gasteiger partial charge in [-0.1, -0.05) is 50.7 Å². The molecule has 124 valence electrons. The fourth-order valence-corrected chi connectivity index (χ4v) is 8.17. The molecule has 1 aromatic heterocycles. The van der Waals surface area contributed by atoms with Crippen LogP contribution in [0.4, 0.5) is 0 Å². The van der Waals surface area contributed by atoms with Gasteiger partial charge in [0.25, 0.3) is 0 Å². The lowest BCUT2D eigenvalue weighted by Crippen LogP contribution is -2.40. The van der Waals surface area contributed by atoms with Crippen molar-refractivity contribution < 1.29 is 0 Å². The Balaban J connectivity index is 1.58. The summed E-state index contributed by atoms with van der Waals surface area (Å²) < 4.78 is 4.28. The highest BCUT2D eigenvalue weighted by atomic mass is 33.1. The highest BCUT2D eigenvalue weighted by Gasteiger charge is 2.34. The lowest BCUT2D eigenvalue weighted by molar-refractivity contribution is 0.186. The minimum absolute atomic E-state index is 0.115. The van der Waals surface area contributed by atoms with Crippen molar-refractivity contribution in [3.63, 3.8) is 0 Å². The fourth-order valence-electron chi connectivity index (χ4n) is 4.14. The molecular weight excluding hydrogens is 320 g/mol. The van der Waals surface area contributed by atoms with Gasteiger partial charge < -0.3 is 0 Å². The van der Waals surface area contributed by atoms with E-state index in [-0.39, 0.29) is 9.50 Å².